The van der Waals surface area contributed by atoms with Crippen LogP contribution in [0.1, 0.15) is 58.9 Å². The van der Waals surface area contributed by atoms with Gasteiger partial charge in [0.25, 0.3) is 0 Å². The Morgan fingerprint density at radius 1 is 0.833 bits per heavy atom. The van der Waals surface area contributed by atoms with Crippen LogP contribution in [0.5, 0.6) is 0 Å². The van der Waals surface area contributed by atoms with E-state index in [4.69, 9.17) is 15.3 Å². The van der Waals surface area contributed by atoms with E-state index in [1.807, 2.05) is 30.3 Å². The van der Waals surface area contributed by atoms with Gasteiger partial charge in [0.2, 0.25) is 0 Å². The maximum absolute atomic E-state index is 10.5. The SMILES string of the molecule is C=C(C)C(=O)O.CC(=CCCc1ccccc1)C(=O)O.CCCCC=C(C)C(=O)O. The van der Waals surface area contributed by atoms with Gasteiger partial charge in [0, 0.05) is 16.7 Å². The first-order chi connectivity index (χ1) is 14.0. The third kappa shape index (κ3) is 18.2. The van der Waals surface area contributed by atoms with Gasteiger partial charge in [0.15, 0.2) is 0 Å². The highest BCUT2D eigenvalue weighted by Gasteiger charge is 1.98. The van der Waals surface area contributed by atoms with Crippen LogP contribution in [0.3, 0.4) is 0 Å². The first kappa shape index (κ1) is 29.1. The summed E-state index contributed by atoms with van der Waals surface area (Å²) >= 11 is 0. The molecule has 0 aliphatic heterocycles. The minimum absolute atomic E-state index is 0.176. The number of unbranched alkanes of at least 4 members (excludes halogenated alkanes) is 2. The lowest BCUT2D eigenvalue weighted by Gasteiger charge is -1.97. The summed E-state index contributed by atoms with van der Waals surface area (Å²) in [5, 5.41) is 24.9. The van der Waals surface area contributed by atoms with Crippen LogP contribution in [-0.4, -0.2) is 33.2 Å². The summed E-state index contributed by atoms with van der Waals surface area (Å²) in [5.74, 6) is -2.58. The van der Waals surface area contributed by atoms with Gasteiger partial charge in [-0.3, -0.25) is 0 Å². The van der Waals surface area contributed by atoms with E-state index < -0.39 is 17.9 Å². The first-order valence-electron chi connectivity index (χ1n) is 9.75. The Kier molecular flexibility index (Phi) is 17.4. The molecule has 0 spiro atoms. The number of rotatable bonds is 9. The van der Waals surface area contributed by atoms with Gasteiger partial charge in [0.1, 0.15) is 0 Å². The molecule has 0 aliphatic rings. The van der Waals surface area contributed by atoms with Crippen molar-refractivity contribution in [1.82, 2.24) is 0 Å². The molecule has 0 aromatic heterocycles. The summed E-state index contributed by atoms with van der Waals surface area (Å²) in [5.41, 5.74) is 2.28. The van der Waals surface area contributed by atoms with Gasteiger partial charge in [0.05, 0.1) is 0 Å². The molecule has 0 atom stereocenters. The average Bonchev–Trinajstić information content (AvgIpc) is 2.69. The molecule has 0 heterocycles. The molecule has 0 saturated heterocycles. The maximum Gasteiger partial charge on any atom is 0.330 e. The zero-order chi connectivity index (χ0) is 23.5. The quantitative estimate of drug-likeness (QED) is 0.360. The number of carboxylic acids is 3. The third-order valence-electron chi connectivity index (χ3n) is 3.77. The van der Waals surface area contributed by atoms with Crippen molar-refractivity contribution in [3.63, 3.8) is 0 Å². The van der Waals surface area contributed by atoms with Crippen LogP contribution in [0.15, 0.2) is 65.8 Å². The molecule has 0 aliphatic carbocycles. The molecule has 0 bridgehead atoms. The van der Waals surface area contributed by atoms with Crippen LogP contribution in [0.2, 0.25) is 0 Å². The maximum atomic E-state index is 10.5. The number of aryl methyl sites for hydroxylation is 1. The number of allylic oxidation sites excluding steroid dienone is 2. The molecule has 0 unspecified atom stereocenters. The number of hydrogen-bond acceptors (Lipinski definition) is 3. The molecule has 0 saturated carbocycles. The zero-order valence-corrected chi connectivity index (χ0v) is 18.4. The molecule has 166 valence electrons. The summed E-state index contributed by atoms with van der Waals surface area (Å²) in [6.45, 7) is 9.93. The highest BCUT2D eigenvalue weighted by molar-refractivity contribution is 5.86. The third-order valence-corrected chi connectivity index (χ3v) is 3.77. The molecule has 1 rings (SSSR count). The van der Waals surface area contributed by atoms with Crippen LogP contribution in [0.25, 0.3) is 0 Å². The molecule has 0 fully saturated rings. The summed E-state index contributed by atoms with van der Waals surface area (Å²) in [6.07, 6.45) is 8.28. The number of carbonyl (C=O) groups is 3. The summed E-state index contributed by atoms with van der Waals surface area (Å²) in [7, 11) is 0. The molecule has 6 nitrogen and oxygen atoms in total. The molecule has 0 radical (unpaired) electrons. The average molecular weight is 419 g/mol. The fourth-order valence-electron chi connectivity index (χ4n) is 1.80. The smallest absolute Gasteiger partial charge is 0.330 e. The fourth-order valence-corrected chi connectivity index (χ4v) is 1.80. The van der Waals surface area contributed by atoms with E-state index in [9.17, 15) is 14.4 Å². The van der Waals surface area contributed by atoms with Crippen LogP contribution in [-0.2, 0) is 20.8 Å². The second kappa shape index (κ2) is 17.9. The molecular weight excluding hydrogens is 384 g/mol. The molecule has 30 heavy (non-hydrogen) atoms. The lowest BCUT2D eigenvalue weighted by atomic mass is 10.1. The first-order valence-corrected chi connectivity index (χ1v) is 9.75. The molecule has 6 heteroatoms. The van der Waals surface area contributed by atoms with Crippen molar-refractivity contribution in [3.05, 3.63) is 71.3 Å². The van der Waals surface area contributed by atoms with E-state index in [2.05, 4.69) is 13.5 Å². The largest absolute Gasteiger partial charge is 0.478 e. The van der Waals surface area contributed by atoms with Gasteiger partial charge in [-0.15, -0.1) is 0 Å². The number of hydrogen-bond donors (Lipinski definition) is 3. The Bertz CT molecular complexity index is 717. The monoisotopic (exact) mass is 418 g/mol. The second-order valence-electron chi connectivity index (χ2n) is 6.64. The predicted octanol–water partition coefficient (Wildman–Crippen LogP) is 5.50. The normalized spacial score (nSPS) is 10.7. The van der Waals surface area contributed by atoms with Gasteiger partial charge in [-0.1, -0.05) is 68.8 Å². The van der Waals surface area contributed by atoms with Crippen molar-refractivity contribution < 1.29 is 29.7 Å². The number of benzene rings is 1. The standard InChI is InChI=1S/C12H14O2.C8H14O2.C4H6O2/c1-10(12(13)14)6-5-9-11-7-3-2-4-8-11;1-3-4-5-6-7(2)8(9)10;1-3(2)4(5)6/h2-4,6-8H,5,9H2,1H3,(H,13,14);6H,3-5H2,1-2H3,(H,9,10);1H2,2H3,(H,5,6). The molecule has 0 amide bonds. The summed E-state index contributed by atoms with van der Waals surface area (Å²) in [6, 6.07) is 10.0. The van der Waals surface area contributed by atoms with Gasteiger partial charge >= 0.3 is 17.9 Å². The van der Waals surface area contributed by atoms with Crippen LogP contribution in [0.4, 0.5) is 0 Å². The summed E-state index contributed by atoms with van der Waals surface area (Å²) < 4.78 is 0. The van der Waals surface area contributed by atoms with Crippen LogP contribution < -0.4 is 0 Å². The van der Waals surface area contributed by atoms with Crippen molar-refractivity contribution in [1.29, 1.82) is 0 Å². The van der Waals surface area contributed by atoms with E-state index >= 15 is 0 Å². The van der Waals surface area contributed by atoms with Crippen LogP contribution in [0, 0.1) is 0 Å². The van der Waals surface area contributed by atoms with Gasteiger partial charge in [-0.2, -0.15) is 0 Å². The Hall–Kier alpha value is -3.15. The van der Waals surface area contributed by atoms with E-state index in [1.54, 1.807) is 26.0 Å². The molecule has 1 aromatic rings. The Balaban J connectivity index is 0. The lowest BCUT2D eigenvalue weighted by molar-refractivity contribution is -0.133. The van der Waals surface area contributed by atoms with E-state index in [-0.39, 0.29) is 5.57 Å². The van der Waals surface area contributed by atoms with Gasteiger partial charge in [-0.05, 0) is 45.6 Å². The lowest BCUT2D eigenvalue weighted by Crippen LogP contribution is -1.96. The van der Waals surface area contributed by atoms with Crippen molar-refractivity contribution in [2.75, 3.05) is 0 Å². The number of aliphatic carboxylic acids is 3. The predicted molar refractivity (Wildman–Crippen MR) is 120 cm³/mol. The van der Waals surface area contributed by atoms with Gasteiger partial charge < -0.3 is 15.3 Å². The minimum atomic E-state index is -0.935. The van der Waals surface area contributed by atoms with E-state index in [0.29, 0.717) is 11.1 Å². The van der Waals surface area contributed by atoms with Crippen molar-refractivity contribution in [3.8, 4) is 0 Å². The van der Waals surface area contributed by atoms with Crippen molar-refractivity contribution in [2.24, 2.45) is 0 Å². The highest BCUT2D eigenvalue weighted by atomic mass is 16.4. The molecular formula is C24H34O6. The molecule has 3 N–H and O–H groups in total. The topological polar surface area (TPSA) is 112 Å². The Labute approximate surface area is 179 Å². The highest BCUT2D eigenvalue weighted by Crippen LogP contribution is 2.04. The molecule has 1 aromatic carbocycles. The van der Waals surface area contributed by atoms with Crippen molar-refractivity contribution in [2.45, 2.75) is 59.8 Å². The fraction of sp³-hybridized carbons (Fsp3) is 0.375. The van der Waals surface area contributed by atoms with E-state index in [1.165, 1.54) is 12.5 Å². The minimum Gasteiger partial charge on any atom is -0.478 e. The zero-order valence-electron chi connectivity index (χ0n) is 18.4. The van der Waals surface area contributed by atoms with Crippen LogP contribution >= 0.6 is 0 Å². The van der Waals surface area contributed by atoms with E-state index in [0.717, 1.165) is 32.1 Å². The van der Waals surface area contributed by atoms with Crippen molar-refractivity contribution >= 4 is 17.9 Å². The number of carboxylic acid groups (broad SMARTS) is 3. The summed E-state index contributed by atoms with van der Waals surface area (Å²) in [4.78, 5) is 30.3. The Morgan fingerprint density at radius 2 is 1.27 bits per heavy atom. The van der Waals surface area contributed by atoms with Gasteiger partial charge in [-0.25, -0.2) is 14.4 Å². The second-order valence-corrected chi connectivity index (χ2v) is 6.64. The Morgan fingerprint density at radius 3 is 1.63 bits per heavy atom.